The van der Waals surface area contributed by atoms with Crippen molar-refractivity contribution in [1.82, 2.24) is 24.8 Å². The van der Waals surface area contributed by atoms with E-state index in [1.165, 1.54) is 23.5 Å². The second-order valence-corrected chi connectivity index (χ2v) is 7.61. The number of nitrogens with zero attached hydrogens (tertiary/aromatic N) is 5. The Kier molecular flexibility index (Phi) is 6.02. The Labute approximate surface area is 175 Å². The molecule has 4 rings (SSSR count). The first-order valence-electron chi connectivity index (χ1n) is 10.4. The molecule has 1 saturated heterocycles. The molecule has 0 radical (unpaired) electrons. The van der Waals surface area contributed by atoms with E-state index in [0.717, 1.165) is 37.9 Å². The lowest BCUT2D eigenvalue weighted by atomic mass is 10.1. The second kappa shape index (κ2) is 9.02. The maximum atomic E-state index is 12.9. The number of rotatable bonds is 6. The molecule has 0 bridgehead atoms. The van der Waals surface area contributed by atoms with Gasteiger partial charge in [-0.15, -0.1) is 0 Å². The Morgan fingerprint density at radius 2 is 1.90 bits per heavy atom. The third-order valence-corrected chi connectivity index (χ3v) is 5.52. The van der Waals surface area contributed by atoms with Gasteiger partial charge in [0, 0.05) is 25.8 Å². The van der Waals surface area contributed by atoms with Gasteiger partial charge in [-0.3, -0.25) is 14.2 Å². The minimum Gasteiger partial charge on any atom is -0.354 e. The zero-order chi connectivity index (χ0) is 20.9. The zero-order valence-electron chi connectivity index (χ0n) is 17.1. The first-order valence-corrected chi connectivity index (χ1v) is 10.4. The lowest BCUT2D eigenvalue weighted by molar-refractivity contribution is -0.123. The van der Waals surface area contributed by atoms with Crippen LogP contribution in [0.5, 0.6) is 0 Å². The van der Waals surface area contributed by atoms with Crippen molar-refractivity contribution in [2.45, 2.75) is 38.6 Å². The number of hydrogen-bond acceptors (Lipinski definition) is 6. The number of carbonyl (C=O) groups excluding carboxylic acids is 1. The molecule has 1 aliphatic rings. The quantitative estimate of drug-likeness (QED) is 0.674. The molecule has 3 aromatic rings. The summed E-state index contributed by atoms with van der Waals surface area (Å²) in [7, 11) is 0. The topological polar surface area (TPSA) is 93.0 Å². The molecule has 8 nitrogen and oxygen atoms in total. The van der Waals surface area contributed by atoms with Crippen LogP contribution in [0.25, 0.3) is 11.0 Å². The van der Waals surface area contributed by atoms with Crippen molar-refractivity contribution in [3.05, 3.63) is 58.8 Å². The van der Waals surface area contributed by atoms with Gasteiger partial charge >= 0.3 is 0 Å². The minimum atomic E-state index is -0.674. The maximum absolute atomic E-state index is 12.9. The van der Waals surface area contributed by atoms with Crippen LogP contribution in [0, 0.1) is 0 Å². The van der Waals surface area contributed by atoms with Gasteiger partial charge in [0.05, 0.1) is 0 Å². The van der Waals surface area contributed by atoms with Crippen molar-refractivity contribution in [2.24, 2.45) is 0 Å². The number of hydrogen-bond donors (Lipinski definition) is 1. The van der Waals surface area contributed by atoms with Crippen LogP contribution in [-0.2, 0) is 11.2 Å². The smallest absolute Gasteiger partial charge is 0.265 e. The molecule has 0 saturated carbocycles. The van der Waals surface area contributed by atoms with Crippen molar-refractivity contribution in [1.29, 1.82) is 0 Å². The lowest BCUT2D eigenvalue weighted by Crippen LogP contribution is -2.37. The highest BCUT2D eigenvalue weighted by Crippen LogP contribution is 2.17. The van der Waals surface area contributed by atoms with Gasteiger partial charge in [0.15, 0.2) is 5.65 Å². The third-order valence-electron chi connectivity index (χ3n) is 5.52. The molecule has 0 unspecified atom stereocenters. The van der Waals surface area contributed by atoms with E-state index >= 15 is 0 Å². The molecule has 1 N–H and O–H groups in total. The third kappa shape index (κ3) is 4.32. The van der Waals surface area contributed by atoms with Crippen LogP contribution in [0.2, 0.25) is 0 Å². The maximum Gasteiger partial charge on any atom is 0.265 e. The molecule has 30 heavy (non-hydrogen) atoms. The molecular weight excluding hydrogens is 380 g/mol. The molecule has 156 valence electrons. The highest BCUT2D eigenvalue weighted by Gasteiger charge is 2.19. The van der Waals surface area contributed by atoms with Gasteiger partial charge in [-0.05, 0) is 38.2 Å². The summed E-state index contributed by atoms with van der Waals surface area (Å²) in [5.41, 5.74) is 1.20. The van der Waals surface area contributed by atoms with E-state index in [4.69, 9.17) is 0 Å². The highest BCUT2D eigenvalue weighted by molar-refractivity contribution is 5.80. The molecule has 1 amide bonds. The van der Waals surface area contributed by atoms with Gasteiger partial charge in [0.25, 0.3) is 5.56 Å². The Morgan fingerprint density at radius 3 is 2.67 bits per heavy atom. The minimum absolute atomic E-state index is 0.222. The van der Waals surface area contributed by atoms with Gasteiger partial charge in [-0.1, -0.05) is 30.3 Å². The summed E-state index contributed by atoms with van der Waals surface area (Å²) >= 11 is 0. The predicted molar refractivity (Wildman–Crippen MR) is 116 cm³/mol. The molecular formula is C22H26N6O2. The van der Waals surface area contributed by atoms with E-state index in [0.29, 0.717) is 23.5 Å². The average Bonchev–Trinajstić information content (AvgIpc) is 2.80. The van der Waals surface area contributed by atoms with E-state index in [1.54, 1.807) is 6.92 Å². The van der Waals surface area contributed by atoms with E-state index in [1.807, 2.05) is 30.3 Å². The second-order valence-electron chi connectivity index (χ2n) is 7.61. The Hall–Kier alpha value is -3.29. The summed E-state index contributed by atoms with van der Waals surface area (Å²) in [6.45, 7) is 4.03. The molecule has 0 spiro atoms. The molecule has 2 aromatic heterocycles. The van der Waals surface area contributed by atoms with Gasteiger partial charge in [-0.25, -0.2) is 9.97 Å². The number of benzene rings is 1. The summed E-state index contributed by atoms with van der Waals surface area (Å²) in [5, 5.41) is 3.21. The van der Waals surface area contributed by atoms with Crippen LogP contribution in [0.15, 0.2) is 47.7 Å². The van der Waals surface area contributed by atoms with E-state index in [-0.39, 0.29) is 11.5 Å². The first-order chi connectivity index (χ1) is 14.6. The fraction of sp³-hybridized carbons (Fsp3) is 0.409. The van der Waals surface area contributed by atoms with Crippen molar-refractivity contribution >= 4 is 22.9 Å². The Morgan fingerprint density at radius 1 is 1.13 bits per heavy atom. The summed E-state index contributed by atoms with van der Waals surface area (Å²) in [6, 6.07) is 9.27. The van der Waals surface area contributed by atoms with Crippen LogP contribution >= 0.6 is 0 Å². The predicted octanol–water partition coefficient (Wildman–Crippen LogP) is 2.10. The molecule has 1 aromatic carbocycles. The fourth-order valence-electron chi connectivity index (χ4n) is 3.69. The van der Waals surface area contributed by atoms with E-state index in [9.17, 15) is 9.59 Å². The largest absolute Gasteiger partial charge is 0.354 e. The SMILES string of the molecule is C[C@@H](C(=O)NCCc1ccccc1)n1cnc2nc(N3CCCCC3)ncc2c1=O. The van der Waals surface area contributed by atoms with Crippen molar-refractivity contribution < 1.29 is 4.79 Å². The number of piperidine rings is 1. The number of nitrogens with one attached hydrogen (secondary N) is 1. The normalized spacial score (nSPS) is 15.2. The Balaban J connectivity index is 1.47. The molecule has 1 fully saturated rings. The van der Waals surface area contributed by atoms with E-state index in [2.05, 4.69) is 25.2 Å². The number of amides is 1. The summed E-state index contributed by atoms with van der Waals surface area (Å²) in [5.74, 6) is 0.388. The summed E-state index contributed by atoms with van der Waals surface area (Å²) in [4.78, 5) is 40.8. The van der Waals surface area contributed by atoms with Crippen LogP contribution < -0.4 is 15.8 Å². The summed E-state index contributed by atoms with van der Waals surface area (Å²) in [6.07, 6.45) is 7.12. The van der Waals surface area contributed by atoms with Crippen molar-refractivity contribution in [2.75, 3.05) is 24.5 Å². The van der Waals surface area contributed by atoms with Gasteiger partial charge < -0.3 is 10.2 Å². The average molecular weight is 406 g/mol. The van der Waals surface area contributed by atoms with Crippen LogP contribution in [0.1, 0.15) is 37.8 Å². The van der Waals surface area contributed by atoms with Gasteiger partial charge in [0.1, 0.15) is 17.8 Å². The van der Waals surface area contributed by atoms with Crippen LogP contribution in [0.3, 0.4) is 0 Å². The molecule has 3 heterocycles. The summed E-state index contributed by atoms with van der Waals surface area (Å²) < 4.78 is 1.34. The van der Waals surface area contributed by atoms with Gasteiger partial charge in [0.2, 0.25) is 11.9 Å². The van der Waals surface area contributed by atoms with Crippen molar-refractivity contribution in [3.63, 3.8) is 0 Å². The molecule has 8 heteroatoms. The molecule has 1 atom stereocenters. The molecule has 1 aliphatic heterocycles. The van der Waals surface area contributed by atoms with Crippen LogP contribution in [0.4, 0.5) is 5.95 Å². The fourth-order valence-corrected chi connectivity index (χ4v) is 3.69. The zero-order valence-corrected chi connectivity index (χ0v) is 17.1. The standard InChI is InChI=1S/C22H26N6O2/c1-16(20(29)23-11-10-17-8-4-2-5-9-17)28-15-25-19-18(21(28)30)14-24-22(26-19)27-12-6-3-7-13-27/h2,4-5,8-9,14-16H,3,6-7,10-13H2,1H3,(H,23,29)/t16-/m0/s1. The number of aromatic nitrogens is 4. The number of fused-ring (bicyclic) bond motifs is 1. The van der Waals surface area contributed by atoms with E-state index < -0.39 is 6.04 Å². The van der Waals surface area contributed by atoms with Crippen molar-refractivity contribution in [3.8, 4) is 0 Å². The lowest BCUT2D eigenvalue weighted by Gasteiger charge is -2.26. The number of carbonyl (C=O) groups is 1. The van der Waals surface area contributed by atoms with Crippen LogP contribution in [-0.4, -0.2) is 45.1 Å². The Bertz CT molecular complexity index is 1080. The molecule has 0 aliphatic carbocycles. The first kappa shape index (κ1) is 20.0. The van der Waals surface area contributed by atoms with Gasteiger partial charge in [-0.2, -0.15) is 4.98 Å². The highest BCUT2D eigenvalue weighted by atomic mass is 16.2. The monoisotopic (exact) mass is 406 g/mol. The number of anilines is 1.